The first-order chi connectivity index (χ1) is 8.88. The predicted molar refractivity (Wildman–Crippen MR) is 85.4 cm³/mol. The van der Waals surface area contributed by atoms with E-state index in [1.165, 1.54) is 19.3 Å². The summed E-state index contributed by atoms with van der Waals surface area (Å²) in [5.41, 5.74) is 6.87. The molecule has 0 saturated carbocycles. The summed E-state index contributed by atoms with van der Waals surface area (Å²) in [4.78, 5) is 6.87. The van der Waals surface area contributed by atoms with E-state index in [9.17, 15) is 0 Å². The van der Waals surface area contributed by atoms with Crippen molar-refractivity contribution in [2.24, 2.45) is 11.3 Å². The van der Waals surface area contributed by atoms with Crippen LogP contribution in [0, 0.1) is 11.3 Å². The van der Waals surface area contributed by atoms with Gasteiger partial charge in [0.05, 0.1) is 16.4 Å². The summed E-state index contributed by atoms with van der Waals surface area (Å²) in [5.74, 6) is 1.83. The van der Waals surface area contributed by atoms with Crippen molar-refractivity contribution in [3.05, 3.63) is 16.7 Å². The molecule has 1 fully saturated rings. The fourth-order valence-corrected chi connectivity index (χ4v) is 3.47. The molecular weight excluding hydrogens is 302 g/mol. The Bertz CT molecular complexity index is 440. The lowest BCUT2D eigenvalue weighted by molar-refractivity contribution is 0.220. The fourth-order valence-electron chi connectivity index (χ4n) is 2.85. The second-order valence-electron chi connectivity index (χ2n) is 6.55. The molecule has 0 amide bonds. The van der Waals surface area contributed by atoms with Crippen LogP contribution in [0.2, 0.25) is 0 Å². The van der Waals surface area contributed by atoms with Gasteiger partial charge in [-0.25, -0.2) is 4.98 Å². The van der Waals surface area contributed by atoms with E-state index in [0.717, 1.165) is 29.3 Å². The van der Waals surface area contributed by atoms with Crippen molar-refractivity contribution < 1.29 is 0 Å². The largest absolute Gasteiger partial charge is 0.397 e. The van der Waals surface area contributed by atoms with Gasteiger partial charge in [0, 0.05) is 13.1 Å². The van der Waals surface area contributed by atoms with E-state index >= 15 is 0 Å². The zero-order chi connectivity index (χ0) is 14.0. The maximum atomic E-state index is 5.76. The topological polar surface area (TPSA) is 42.2 Å². The number of nitrogens with two attached hydrogens (primary N) is 1. The summed E-state index contributed by atoms with van der Waals surface area (Å²) < 4.78 is 1.00. The number of nitrogen functional groups attached to an aromatic ring is 1. The van der Waals surface area contributed by atoms with Gasteiger partial charge < -0.3 is 10.6 Å². The van der Waals surface area contributed by atoms with Crippen molar-refractivity contribution in [3.8, 4) is 0 Å². The number of rotatable bonds is 1. The van der Waals surface area contributed by atoms with Crippen molar-refractivity contribution in [1.82, 2.24) is 4.98 Å². The Balaban J connectivity index is 2.11. The smallest absolute Gasteiger partial charge is 0.143 e. The third-order valence-electron chi connectivity index (χ3n) is 4.10. The standard InChI is InChI=1S/C15H24BrN3/c1-15(2,3)11-5-4-7-19(8-6-11)14-13(16)9-12(17)10-18-14/h9-11H,4-8,17H2,1-3H3. The molecule has 1 atom stereocenters. The summed E-state index contributed by atoms with van der Waals surface area (Å²) in [5, 5.41) is 0. The quantitative estimate of drug-likeness (QED) is 0.845. The van der Waals surface area contributed by atoms with Crippen LogP contribution in [0.3, 0.4) is 0 Å². The molecule has 0 radical (unpaired) electrons. The Morgan fingerprint density at radius 2 is 2.05 bits per heavy atom. The Kier molecular flexibility index (Phi) is 4.39. The number of hydrogen-bond donors (Lipinski definition) is 1. The molecule has 1 aliphatic heterocycles. The van der Waals surface area contributed by atoms with Crippen LogP contribution in [0.1, 0.15) is 40.0 Å². The lowest BCUT2D eigenvalue weighted by Gasteiger charge is -2.30. The number of halogens is 1. The molecule has 0 aromatic carbocycles. The average Bonchev–Trinajstić information content (AvgIpc) is 2.54. The van der Waals surface area contributed by atoms with E-state index in [1.54, 1.807) is 6.20 Å². The highest BCUT2D eigenvalue weighted by Crippen LogP contribution is 2.36. The van der Waals surface area contributed by atoms with Gasteiger partial charge in [-0.05, 0) is 52.6 Å². The normalized spacial score (nSPS) is 21.3. The number of hydrogen-bond acceptors (Lipinski definition) is 3. The third kappa shape index (κ3) is 3.62. The van der Waals surface area contributed by atoms with Gasteiger partial charge >= 0.3 is 0 Å². The van der Waals surface area contributed by atoms with Crippen molar-refractivity contribution in [2.75, 3.05) is 23.7 Å². The minimum Gasteiger partial charge on any atom is -0.397 e. The lowest BCUT2D eigenvalue weighted by Crippen LogP contribution is -2.27. The first kappa shape index (κ1) is 14.6. The molecule has 3 nitrogen and oxygen atoms in total. The molecule has 106 valence electrons. The van der Waals surface area contributed by atoms with Crippen LogP contribution in [0.5, 0.6) is 0 Å². The second-order valence-corrected chi connectivity index (χ2v) is 7.41. The zero-order valence-corrected chi connectivity index (χ0v) is 13.7. The van der Waals surface area contributed by atoms with Gasteiger partial charge in [0.25, 0.3) is 0 Å². The third-order valence-corrected chi connectivity index (χ3v) is 4.68. The Morgan fingerprint density at radius 1 is 1.32 bits per heavy atom. The van der Waals surface area contributed by atoms with E-state index in [2.05, 4.69) is 46.6 Å². The molecule has 1 aliphatic rings. The Labute approximate surface area is 124 Å². The van der Waals surface area contributed by atoms with Crippen LogP contribution >= 0.6 is 15.9 Å². The summed E-state index contributed by atoms with van der Waals surface area (Å²) in [7, 11) is 0. The van der Waals surface area contributed by atoms with Gasteiger partial charge in [0.2, 0.25) is 0 Å². The van der Waals surface area contributed by atoms with Gasteiger partial charge in [-0.2, -0.15) is 0 Å². The molecule has 1 aromatic heterocycles. The molecule has 1 aromatic rings. The van der Waals surface area contributed by atoms with Crippen molar-refractivity contribution in [2.45, 2.75) is 40.0 Å². The first-order valence-corrected chi connectivity index (χ1v) is 7.83. The monoisotopic (exact) mass is 325 g/mol. The molecule has 2 N–H and O–H groups in total. The molecule has 0 spiro atoms. The van der Waals surface area contributed by atoms with Gasteiger partial charge in [-0.3, -0.25) is 0 Å². The molecule has 2 heterocycles. The van der Waals surface area contributed by atoms with E-state index in [1.807, 2.05) is 6.07 Å². The van der Waals surface area contributed by atoms with Crippen LogP contribution in [0.25, 0.3) is 0 Å². The van der Waals surface area contributed by atoms with Gasteiger partial charge in [-0.15, -0.1) is 0 Å². The summed E-state index contributed by atoms with van der Waals surface area (Å²) >= 11 is 3.58. The van der Waals surface area contributed by atoms with E-state index < -0.39 is 0 Å². The van der Waals surface area contributed by atoms with Gasteiger partial charge in [-0.1, -0.05) is 20.8 Å². The number of anilines is 2. The van der Waals surface area contributed by atoms with Crippen LogP contribution in [0.15, 0.2) is 16.7 Å². The SMILES string of the molecule is CC(C)(C)C1CCCN(c2ncc(N)cc2Br)CC1. The molecule has 0 bridgehead atoms. The molecule has 4 heteroatoms. The molecule has 2 rings (SSSR count). The molecule has 19 heavy (non-hydrogen) atoms. The highest BCUT2D eigenvalue weighted by Gasteiger charge is 2.27. The maximum Gasteiger partial charge on any atom is 0.143 e. The lowest BCUT2D eigenvalue weighted by atomic mass is 9.77. The van der Waals surface area contributed by atoms with E-state index in [-0.39, 0.29) is 0 Å². The minimum atomic E-state index is 0.405. The highest BCUT2D eigenvalue weighted by molar-refractivity contribution is 9.10. The predicted octanol–water partition coefficient (Wildman–Crippen LogP) is 4.08. The highest BCUT2D eigenvalue weighted by atomic mass is 79.9. The summed E-state index contributed by atoms with van der Waals surface area (Å²) in [6.07, 6.45) is 5.53. The van der Waals surface area contributed by atoms with Crippen LogP contribution in [0.4, 0.5) is 11.5 Å². The number of aromatic nitrogens is 1. The van der Waals surface area contributed by atoms with Crippen molar-refractivity contribution in [1.29, 1.82) is 0 Å². The van der Waals surface area contributed by atoms with Crippen molar-refractivity contribution >= 4 is 27.4 Å². The molecule has 0 aliphatic carbocycles. The Morgan fingerprint density at radius 3 is 2.68 bits per heavy atom. The molecular formula is C15H24BrN3. The number of pyridine rings is 1. The van der Waals surface area contributed by atoms with E-state index in [0.29, 0.717) is 11.1 Å². The molecule has 1 saturated heterocycles. The fraction of sp³-hybridized carbons (Fsp3) is 0.667. The minimum absolute atomic E-state index is 0.405. The van der Waals surface area contributed by atoms with Crippen LogP contribution < -0.4 is 10.6 Å². The first-order valence-electron chi connectivity index (χ1n) is 7.04. The van der Waals surface area contributed by atoms with Crippen molar-refractivity contribution in [3.63, 3.8) is 0 Å². The zero-order valence-electron chi connectivity index (χ0n) is 12.1. The maximum absolute atomic E-state index is 5.76. The van der Waals surface area contributed by atoms with Gasteiger partial charge in [0.15, 0.2) is 0 Å². The van der Waals surface area contributed by atoms with E-state index in [4.69, 9.17) is 5.73 Å². The van der Waals surface area contributed by atoms with Crippen LogP contribution in [-0.4, -0.2) is 18.1 Å². The Hall–Kier alpha value is -0.770. The molecule has 1 unspecified atom stereocenters. The number of nitrogens with zero attached hydrogens (tertiary/aromatic N) is 2. The summed E-state index contributed by atoms with van der Waals surface area (Å²) in [6, 6.07) is 1.94. The van der Waals surface area contributed by atoms with Crippen LogP contribution in [-0.2, 0) is 0 Å². The average molecular weight is 326 g/mol. The van der Waals surface area contributed by atoms with Gasteiger partial charge in [0.1, 0.15) is 5.82 Å². The summed E-state index contributed by atoms with van der Waals surface area (Å²) in [6.45, 7) is 9.22. The second kappa shape index (κ2) is 5.70.